The second kappa shape index (κ2) is 4.18. The third-order valence-electron chi connectivity index (χ3n) is 2.65. The Hall–Kier alpha value is -1.29. The van der Waals surface area contributed by atoms with Crippen molar-refractivity contribution >= 4 is 22.5 Å². The third kappa shape index (κ3) is 1.76. The normalized spacial score (nSPS) is 11.2. The van der Waals surface area contributed by atoms with Crippen molar-refractivity contribution in [1.29, 1.82) is 0 Å². The van der Waals surface area contributed by atoms with Crippen LogP contribution in [0.4, 0.5) is 13.2 Å². The fourth-order valence-corrected chi connectivity index (χ4v) is 2.15. The Morgan fingerprint density at radius 1 is 1.24 bits per heavy atom. The van der Waals surface area contributed by atoms with E-state index in [0.29, 0.717) is 5.56 Å². The molecule has 0 atom stereocenters. The summed E-state index contributed by atoms with van der Waals surface area (Å²) in [7, 11) is 0. The molecule has 2 rings (SSSR count). The van der Waals surface area contributed by atoms with Gasteiger partial charge in [-0.05, 0) is 25.5 Å². The van der Waals surface area contributed by atoms with Crippen LogP contribution in [0.25, 0.3) is 10.9 Å². The molecular formula is C12H10ClF3N+. The molecule has 5 heteroatoms. The number of hydrogen-bond acceptors (Lipinski definition) is 0. The molecule has 0 amide bonds. The number of hydrogen-bond donors (Lipinski definition) is 0. The zero-order valence-corrected chi connectivity index (χ0v) is 10.1. The van der Waals surface area contributed by atoms with Crippen molar-refractivity contribution in [3.63, 3.8) is 0 Å². The van der Waals surface area contributed by atoms with Crippen molar-refractivity contribution in [2.45, 2.75) is 20.4 Å². The average molecular weight is 261 g/mol. The van der Waals surface area contributed by atoms with E-state index in [2.05, 4.69) is 0 Å². The van der Waals surface area contributed by atoms with E-state index in [1.807, 2.05) is 0 Å². The van der Waals surface area contributed by atoms with Gasteiger partial charge in [-0.3, -0.25) is 0 Å². The predicted molar refractivity (Wildman–Crippen MR) is 59.4 cm³/mol. The Morgan fingerprint density at radius 3 is 2.47 bits per heavy atom. The summed E-state index contributed by atoms with van der Waals surface area (Å²) in [5.74, 6) is -2.94. The Bertz CT molecular complexity index is 611. The maximum atomic E-state index is 13.7. The van der Waals surface area contributed by atoms with Crippen molar-refractivity contribution in [2.24, 2.45) is 0 Å². The molecule has 1 nitrogen and oxygen atoms in total. The fourth-order valence-electron chi connectivity index (χ4n) is 1.89. The van der Waals surface area contributed by atoms with Crippen LogP contribution in [0.15, 0.2) is 12.1 Å². The van der Waals surface area contributed by atoms with E-state index in [-0.39, 0.29) is 17.4 Å². The largest absolute Gasteiger partial charge is 0.398 e. The quantitative estimate of drug-likeness (QED) is 0.546. The Labute approximate surface area is 101 Å². The second-order valence-corrected chi connectivity index (χ2v) is 4.18. The van der Waals surface area contributed by atoms with Gasteiger partial charge in [-0.25, -0.2) is 4.39 Å². The van der Waals surface area contributed by atoms with Gasteiger partial charge >= 0.3 is 5.95 Å². The van der Waals surface area contributed by atoms with Crippen molar-refractivity contribution < 1.29 is 17.7 Å². The SMILES string of the molecule is CC[n+]1c(F)c(F)c(Cl)c2c(F)cc(C)cc21. The highest BCUT2D eigenvalue weighted by atomic mass is 35.5. The number of rotatable bonds is 1. The highest BCUT2D eigenvalue weighted by Gasteiger charge is 2.27. The number of benzene rings is 1. The minimum atomic E-state index is -1.22. The first kappa shape index (κ1) is 12.2. The first-order valence-electron chi connectivity index (χ1n) is 5.13. The molecule has 2 aromatic rings. The molecule has 0 aliphatic heterocycles. The summed E-state index contributed by atoms with van der Waals surface area (Å²) in [5.41, 5.74) is 0.883. The van der Waals surface area contributed by atoms with E-state index in [0.717, 1.165) is 4.57 Å². The molecular weight excluding hydrogens is 251 g/mol. The number of nitrogens with zero attached hydrogens (tertiary/aromatic N) is 1. The van der Waals surface area contributed by atoms with Crippen molar-refractivity contribution in [3.05, 3.63) is 40.3 Å². The summed E-state index contributed by atoms with van der Waals surface area (Å²) in [4.78, 5) is 0. The number of halogens is 4. The maximum Gasteiger partial charge on any atom is 0.398 e. The molecule has 1 aromatic carbocycles. The highest BCUT2D eigenvalue weighted by Crippen LogP contribution is 2.28. The molecule has 0 fully saturated rings. The fraction of sp³-hybridized carbons (Fsp3) is 0.250. The van der Waals surface area contributed by atoms with Crippen LogP contribution in [0.5, 0.6) is 0 Å². The summed E-state index contributed by atoms with van der Waals surface area (Å²) in [6.07, 6.45) is 0. The third-order valence-corrected chi connectivity index (χ3v) is 3.01. The van der Waals surface area contributed by atoms with Crippen LogP contribution in [0.1, 0.15) is 12.5 Å². The molecule has 0 radical (unpaired) electrons. The lowest BCUT2D eigenvalue weighted by Gasteiger charge is -2.06. The van der Waals surface area contributed by atoms with Crippen LogP contribution in [0, 0.1) is 24.5 Å². The zero-order chi connectivity index (χ0) is 12.7. The van der Waals surface area contributed by atoms with Crippen LogP contribution >= 0.6 is 11.6 Å². The lowest BCUT2D eigenvalue weighted by Crippen LogP contribution is -2.39. The molecule has 0 bridgehead atoms. The molecule has 17 heavy (non-hydrogen) atoms. The van der Waals surface area contributed by atoms with E-state index < -0.39 is 22.6 Å². The average Bonchev–Trinajstić information content (AvgIpc) is 2.26. The van der Waals surface area contributed by atoms with Gasteiger partial charge in [0.05, 0.1) is 0 Å². The predicted octanol–water partition coefficient (Wildman–Crippen LogP) is 3.53. The van der Waals surface area contributed by atoms with Gasteiger partial charge in [-0.1, -0.05) is 11.6 Å². The van der Waals surface area contributed by atoms with Gasteiger partial charge in [0.15, 0.2) is 0 Å². The van der Waals surface area contributed by atoms with Crippen LogP contribution in [-0.4, -0.2) is 0 Å². The number of aromatic nitrogens is 1. The molecule has 0 unspecified atom stereocenters. The topological polar surface area (TPSA) is 3.88 Å². The molecule has 0 saturated heterocycles. The summed E-state index contributed by atoms with van der Waals surface area (Å²) < 4.78 is 41.9. The minimum Gasteiger partial charge on any atom is -0.206 e. The van der Waals surface area contributed by atoms with E-state index in [1.165, 1.54) is 6.07 Å². The van der Waals surface area contributed by atoms with Gasteiger partial charge < -0.3 is 0 Å². The van der Waals surface area contributed by atoms with E-state index in [1.54, 1.807) is 19.9 Å². The van der Waals surface area contributed by atoms with Crippen LogP contribution < -0.4 is 4.57 Å². The molecule has 0 N–H and O–H groups in total. The second-order valence-electron chi connectivity index (χ2n) is 3.80. The molecule has 0 aliphatic rings. The minimum absolute atomic E-state index is 0.0852. The van der Waals surface area contributed by atoms with E-state index >= 15 is 0 Å². The molecule has 90 valence electrons. The lowest BCUT2D eigenvalue weighted by atomic mass is 10.1. The molecule has 0 aliphatic carbocycles. The first-order valence-corrected chi connectivity index (χ1v) is 5.51. The lowest BCUT2D eigenvalue weighted by molar-refractivity contribution is -0.698. The Balaban J connectivity index is 3.06. The highest BCUT2D eigenvalue weighted by molar-refractivity contribution is 6.35. The zero-order valence-electron chi connectivity index (χ0n) is 9.32. The van der Waals surface area contributed by atoms with Crippen LogP contribution in [-0.2, 0) is 6.54 Å². The summed E-state index contributed by atoms with van der Waals surface area (Å²) in [5, 5.41) is -0.599. The molecule has 0 spiro atoms. The summed E-state index contributed by atoms with van der Waals surface area (Å²) >= 11 is 5.65. The van der Waals surface area contributed by atoms with Gasteiger partial charge in [0.25, 0.3) is 0 Å². The smallest absolute Gasteiger partial charge is 0.206 e. The standard InChI is InChI=1S/C12H10ClF3N/c1-3-17-8-5-6(2)4-7(14)9(8)10(13)11(15)12(17)16/h4-5H,3H2,1-2H3/q+1. The van der Waals surface area contributed by atoms with Gasteiger partial charge in [-0.15, -0.1) is 4.39 Å². The maximum absolute atomic E-state index is 13.7. The molecule has 1 heterocycles. The molecule has 1 aromatic heterocycles. The van der Waals surface area contributed by atoms with Gasteiger partial charge in [-0.2, -0.15) is 8.96 Å². The first-order chi connectivity index (χ1) is 7.97. The number of aryl methyl sites for hydroxylation is 2. The van der Waals surface area contributed by atoms with Crippen molar-refractivity contribution in [3.8, 4) is 0 Å². The van der Waals surface area contributed by atoms with Crippen molar-refractivity contribution in [1.82, 2.24) is 0 Å². The summed E-state index contributed by atoms with van der Waals surface area (Å²) in [6, 6.07) is 2.82. The Kier molecular flexibility index (Phi) is 3.00. The number of pyridine rings is 1. The van der Waals surface area contributed by atoms with Gasteiger partial charge in [0.1, 0.15) is 22.8 Å². The van der Waals surface area contributed by atoms with Crippen molar-refractivity contribution in [2.75, 3.05) is 0 Å². The van der Waals surface area contributed by atoms with E-state index in [9.17, 15) is 13.2 Å². The van der Waals surface area contributed by atoms with Gasteiger partial charge in [0.2, 0.25) is 11.3 Å². The monoisotopic (exact) mass is 260 g/mol. The van der Waals surface area contributed by atoms with E-state index in [4.69, 9.17) is 11.6 Å². The van der Waals surface area contributed by atoms with Crippen LogP contribution in [0.2, 0.25) is 5.02 Å². The van der Waals surface area contributed by atoms with Gasteiger partial charge in [0, 0.05) is 6.07 Å². The Morgan fingerprint density at radius 2 is 1.88 bits per heavy atom. The van der Waals surface area contributed by atoms with Crippen LogP contribution in [0.3, 0.4) is 0 Å². The molecule has 0 saturated carbocycles. The summed E-state index contributed by atoms with van der Waals surface area (Å²) in [6.45, 7) is 3.52. The number of fused-ring (bicyclic) bond motifs is 1.